The summed E-state index contributed by atoms with van der Waals surface area (Å²) < 4.78 is 10.6. The Labute approximate surface area is 192 Å². The molecule has 2 aromatic rings. The molecule has 8 nitrogen and oxygen atoms in total. The Morgan fingerprint density at radius 1 is 1.09 bits per heavy atom. The molecular formula is C25H28N2O6. The van der Waals surface area contributed by atoms with Crippen LogP contribution in [0.4, 0.5) is 0 Å². The maximum atomic E-state index is 13.5. The number of ether oxygens (including phenoxy) is 2. The van der Waals surface area contributed by atoms with E-state index < -0.39 is 23.7 Å². The monoisotopic (exact) mass is 452 g/mol. The van der Waals surface area contributed by atoms with Crippen molar-refractivity contribution in [3.63, 3.8) is 0 Å². The van der Waals surface area contributed by atoms with Gasteiger partial charge in [0.2, 0.25) is 5.78 Å². The molecule has 0 spiro atoms. The molecule has 0 aliphatic carbocycles. The summed E-state index contributed by atoms with van der Waals surface area (Å²) in [6, 6.07) is 10.9. The van der Waals surface area contributed by atoms with Crippen LogP contribution < -0.4 is 4.74 Å². The summed E-state index contributed by atoms with van der Waals surface area (Å²) in [6.07, 6.45) is 0. The van der Waals surface area contributed by atoms with E-state index in [4.69, 9.17) is 9.47 Å². The molecule has 2 unspecified atom stereocenters. The van der Waals surface area contributed by atoms with Gasteiger partial charge >= 0.3 is 0 Å². The SMILES string of the molecule is COc1cc(C2C(C(=O)c3ccc(C)cc3)C(=O)C(=O)N2CCN2CCOCC2)ccc1O. The highest BCUT2D eigenvalue weighted by atomic mass is 16.5. The van der Waals surface area contributed by atoms with Crippen LogP contribution in [0.5, 0.6) is 11.5 Å². The van der Waals surface area contributed by atoms with Crippen molar-refractivity contribution < 1.29 is 29.0 Å². The van der Waals surface area contributed by atoms with Gasteiger partial charge < -0.3 is 19.5 Å². The van der Waals surface area contributed by atoms with Crippen LogP contribution in [0.25, 0.3) is 0 Å². The van der Waals surface area contributed by atoms with Crippen LogP contribution in [0.15, 0.2) is 42.5 Å². The first kappa shape index (κ1) is 22.9. The van der Waals surface area contributed by atoms with Crippen LogP contribution in [0.2, 0.25) is 0 Å². The molecular weight excluding hydrogens is 424 g/mol. The Morgan fingerprint density at radius 2 is 1.79 bits per heavy atom. The minimum absolute atomic E-state index is 0.0572. The minimum Gasteiger partial charge on any atom is -0.504 e. The van der Waals surface area contributed by atoms with Gasteiger partial charge in [-0.3, -0.25) is 19.3 Å². The zero-order chi connectivity index (χ0) is 23.5. The maximum absolute atomic E-state index is 13.5. The first-order valence-electron chi connectivity index (χ1n) is 11.0. The van der Waals surface area contributed by atoms with Crippen molar-refractivity contribution in [2.45, 2.75) is 13.0 Å². The van der Waals surface area contributed by atoms with Crippen LogP contribution in [-0.4, -0.2) is 78.9 Å². The molecule has 4 rings (SSSR count). The Balaban J connectivity index is 1.70. The number of Topliss-reactive ketones (excluding diaryl/α,β-unsaturated/α-hetero) is 2. The number of hydrogen-bond donors (Lipinski definition) is 1. The maximum Gasteiger partial charge on any atom is 0.291 e. The molecule has 33 heavy (non-hydrogen) atoms. The van der Waals surface area contributed by atoms with Crippen LogP contribution in [0.3, 0.4) is 0 Å². The number of benzene rings is 2. The lowest BCUT2D eigenvalue weighted by molar-refractivity contribution is -0.141. The molecule has 174 valence electrons. The molecule has 2 fully saturated rings. The van der Waals surface area contributed by atoms with E-state index >= 15 is 0 Å². The second-order valence-electron chi connectivity index (χ2n) is 8.40. The zero-order valence-electron chi connectivity index (χ0n) is 18.8. The van der Waals surface area contributed by atoms with E-state index in [0.29, 0.717) is 37.4 Å². The summed E-state index contributed by atoms with van der Waals surface area (Å²) in [5, 5.41) is 10.0. The predicted molar refractivity (Wildman–Crippen MR) is 120 cm³/mol. The normalized spacial score (nSPS) is 21.5. The minimum atomic E-state index is -1.17. The van der Waals surface area contributed by atoms with Crippen molar-refractivity contribution in [2.75, 3.05) is 46.5 Å². The lowest BCUT2D eigenvalue weighted by Crippen LogP contribution is -2.42. The molecule has 8 heteroatoms. The summed E-state index contributed by atoms with van der Waals surface area (Å²) >= 11 is 0. The van der Waals surface area contributed by atoms with Crippen LogP contribution in [0, 0.1) is 12.8 Å². The smallest absolute Gasteiger partial charge is 0.291 e. The molecule has 1 N–H and O–H groups in total. The van der Waals surface area contributed by atoms with E-state index in [9.17, 15) is 19.5 Å². The third-order valence-corrected chi connectivity index (χ3v) is 6.33. The number of carbonyl (C=O) groups excluding carboxylic acids is 3. The Morgan fingerprint density at radius 3 is 2.45 bits per heavy atom. The number of morpholine rings is 1. The first-order chi connectivity index (χ1) is 15.9. The second-order valence-corrected chi connectivity index (χ2v) is 8.40. The van der Waals surface area contributed by atoms with Gasteiger partial charge in [-0.05, 0) is 24.6 Å². The van der Waals surface area contributed by atoms with Crippen molar-refractivity contribution in [1.29, 1.82) is 0 Å². The van der Waals surface area contributed by atoms with Gasteiger partial charge in [0, 0.05) is 31.7 Å². The third-order valence-electron chi connectivity index (χ3n) is 6.33. The number of amides is 1. The fraction of sp³-hybridized carbons (Fsp3) is 0.400. The molecule has 2 aliphatic rings. The van der Waals surface area contributed by atoms with Gasteiger partial charge in [-0.15, -0.1) is 0 Å². The van der Waals surface area contributed by atoms with E-state index in [1.165, 1.54) is 18.1 Å². The van der Waals surface area contributed by atoms with Gasteiger partial charge in [0.15, 0.2) is 17.3 Å². The fourth-order valence-electron chi connectivity index (χ4n) is 4.45. The van der Waals surface area contributed by atoms with E-state index in [0.717, 1.165) is 18.7 Å². The van der Waals surface area contributed by atoms with Crippen molar-refractivity contribution in [3.8, 4) is 11.5 Å². The number of hydrogen-bond acceptors (Lipinski definition) is 7. The molecule has 2 aliphatic heterocycles. The second kappa shape index (κ2) is 9.72. The van der Waals surface area contributed by atoms with Crippen LogP contribution >= 0.6 is 0 Å². The number of nitrogens with zero attached hydrogens (tertiary/aromatic N) is 2. The predicted octanol–water partition coefficient (Wildman–Crippen LogP) is 1.99. The molecule has 0 aromatic heterocycles. The van der Waals surface area contributed by atoms with Gasteiger partial charge in [-0.25, -0.2) is 0 Å². The van der Waals surface area contributed by atoms with Crippen molar-refractivity contribution in [1.82, 2.24) is 9.80 Å². The molecule has 0 bridgehead atoms. The number of phenols is 1. The number of aromatic hydroxyl groups is 1. The van der Waals surface area contributed by atoms with Gasteiger partial charge in [0.05, 0.1) is 26.4 Å². The molecule has 2 heterocycles. The highest BCUT2D eigenvalue weighted by Gasteiger charge is 2.51. The number of ketones is 2. The summed E-state index contributed by atoms with van der Waals surface area (Å²) in [7, 11) is 1.43. The van der Waals surface area contributed by atoms with Crippen molar-refractivity contribution in [2.24, 2.45) is 5.92 Å². The summed E-state index contributed by atoms with van der Waals surface area (Å²) in [5.74, 6) is -2.77. The summed E-state index contributed by atoms with van der Waals surface area (Å²) in [4.78, 5) is 43.3. The third kappa shape index (κ3) is 4.62. The highest BCUT2D eigenvalue weighted by Crippen LogP contribution is 2.40. The topological polar surface area (TPSA) is 96.4 Å². The van der Waals surface area contributed by atoms with Crippen LogP contribution in [-0.2, 0) is 14.3 Å². The Hall–Kier alpha value is -3.23. The summed E-state index contributed by atoms with van der Waals surface area (Å²) in [6.45, 7) is 5.53. The van der Waals surface area contributed by atoms with E-state index in [1.807, 2.05) is 19.1 Å². The average Bonchev–Trinajstić information content (AvgIpc) is 3.08. The molecule has 2 aromatic carbocycles. The summed E-state index contributed by atoms with van der Waals surface area (Å²) in [5.41, 5.74) is 1.95. The number of likely N-dealkylation sites (tertiary alicyclic amines) is 1. The fourth-order valence-corrected chi connectivity index (χ4v) is 4.45. The van der Waals surface area contributed by atoms with Gasteiger partial charge in [-0.2, -0.15) is 0 Å². The van der Waals surface area contributed by atoms with Gasteiger partial charge in [-0.1, -0.05) is 35.9 Å². The number of carbonyl (C=O) groups is 3. The highest BCUT2D eigenvalue weighted by molar-refractivity contribution is 6.44. The van der Waals surface area contributed by atoms with E-state index in [1.54, 1.807) is 24.3 Å². The van der Waals surface area contributed by atoms with Crippen molar-refractivity contribution >= 4 is 17.5 Å². The number of phenolic OH excluding ortho intramolecular Hbond substituents is 1. The lowest BCUT2D eigenvalue weighted by Gasteiger charge is -2.32. The number of aryl methyl sites for hydroxylation is 1. The molecule has 2 atom stereocenters. The molecule has 2 saturated heterocycles. The largest absolute Gasteiger partial charge is 0.504 e. The quantitative estimate of drug-likeness (QED) is 0.390. The number of methoxy groups -OCH3 is 1. The standard InChI is InChI=1S/C25H28N2O6/c1-16-3-5-17(6-4-16)23(29)21-22(18-7-8-19(28)20(15-18)32-2)27(25(31)24(21)30)10-9-26-11-13-33-14-12-26/h3-8,15,21-22,28H,9-14H2,1-2H3. The average molecular weight is 453 g/mol. The zero-order valence-corrected chi connectivity index (χ0v) is 18.8. The Kier molecular flexibility index (Phi) is 6.76. The first-order valence-corrected chi connectivity index (χ1v) is 11.0. The van der Waals surface area contributed by atoms with E-state index in [2.05, 4.69) is 4.90 Å². The number of rotatable bonds is 7. The lowest BCUT2D eigenvalue weighted by atomic mass is 9.86. The van der Waals surface area contributed by atoms with Crippen LogP contribution in [0.1, 0.15) is 27.5 Å². The molecule has 0 radical (unpaired) electrons. The van der Waals surface area contributed by atoms with E-state index in [-0.39, 0.29) is 17.3 Å². The molecule has 0 saturated carbocycles. The van der Waals surface area contributed by atoms with Gasteiger partial charge in [0.1, 0.15) is 5.92 Å². The van der Waals surface area contributed by atoms with Gasteiger partial charge in [0.25, 0.3) is 5.91 Å². The Bertz CT molecular complexity index is 1050. The molecule has 1 amide bonds. The van der Waals surface area contributed by atoms with Crippen molar-refractivity contribution in [3.05, 3.63) is 59.2 Å².